The average Bonchev–Trinajstić information content (AvgIpc) is 3.49. The molecule has 3 aromatic carbocycles. The lowest BCUT2D eigenvalue weighted by Crippen LogP contribution is -2.07. The van der Waals surface area contributed by atoms with Gasteiger partial charge in [0.2, 0.25) is 0 Å². The van der Waals surface area contributed by atoms with Crippen LogP contribution in [0.25, 0.3) is 43.6 Å². The van der Waals surface area contributed by atoms with Crippen LogP contribution in [-0.2, 0) is 19.5 Å². The van der Waals surface area contributed by atoms with Gasteiger partial charge in [0, 0.05) is 51.5 Å². The van der Waals surface area contributed by atoms with E-state index in [4.69, 9.17) is 4.98 Å². The first-order valence-corrected chi connectivity index (χ1v) is 12.8. The van der Waals surface area contributed by atoms with Gasteiger partial charge < -0.3 is 14.9 Å². The van der Waals surface area contributed by atoms with Crippen molar-refractivity contribution in [2.75, 3.05) is 5.32 Å². The number of hydrogen-bond acceptors (Lipinski definition) is 3. The Morgan fingerprint density at radius 3 is 2.38 bits per heavy atom. The van der Waals surface area contributed by atoms with Crippen LogP contribution in [0.5, 0.6) is 0 Å². The molecule has 0 saturated heterocycles. The summed E-state index contributed by atoms with van der Waals surface area (Å²) in [6.07, 6.45) is 5.92. The number of rotatable bonds is 7. The van der Waals surface area contributed by atoms with Crippen molar-refractivity contribution in [3.8, 4) is 0 Å². The minimum atomic E-state index is 0.591. The highest BCUT2D eigenvalue weighted by Crippen LogP contribution is 2.32. The summed E-state index contributed by atoms with van der Waals surface area (Å²) in [5.41, 5.74) is 7.01. The van der Waals surface area contributed by atoms with Gasteiger partial charge in [0.25, 0.3) is 0 Å². The number of aromatic amines is 1. The molecule has 7 aromatic rings. The van der Waals surface area contributed by atoms with E-state index < -0.39 is 0 Å². The van der Waals surface area contributed by atoms with Crippen molar-refractivity contribution < 1.29 is 0 Å². The Hall–Kier alpha value is -4.64. The van der Waals surface area contributed by atoms with Gasteiger partial charge in [-0.25, -0.2) is 4.98 Å². The molecular formula is C32H27N5. The van der Waals surface area contributed by atoms with Crippen LogP contribution in [0.3, 0.4) is 0 Å². The third kappa shape index (κ3) is 3.80. The molecule has 37 heavy (non-hydrogen) atoms. The van der Waals surface area contributed by atoms with Crippen molar-refractivity contribution in [2.24, 2.45) is 0 Å². The van der Waals surface area contributed by atoms with Gasteiger partial charge in [-0.2, -0.15) is 0 Å². The van der Waals surface area contributed by atoms with E-state index in [0.29, 0.717) is 6.54 Å². The molecule has 4 heterocycles. The molecule has 0 aliphatic carbocycles. The summed E-state index contributed by atoms with van der Waals surface area (Å²) in [6.45, 7) is 1.53. The van der Waals surface area contributed by atoms with Gasteiger partial charge in [0.15, 0.2) is 5.82 Å². The van der Waals surface area contributed by atoms with Crippen LogP contribution in [0, 0.1) is 0 Å². The zero-order valence-corrected chi connectivity index (χ0v) is 20.5. The lowest BCUT2D eigenvalue weighted by atomic mass is 10.1. The minimum Gasteiger partial charge on any atom is -0.363 e. The Kier molecular flexibility index (Phi) is 5.32. The number of nitrogens with one attached hydrogen (secondary N) is 2. The van der Waals surface area contributed by atoms with Gasteiger partial charge in [-0.15, -0.1) is 0 Å². The van der Waals surface area contributed by atoms with Gasteiger partial charge in [-0.1, -0.05) is 66.7 Å². The van der Waals surface area contributed by atoms with E-state index in [-0.39, 0.29) is 0 Å². The number of fused-ring (bicyclic) bond motifs is 6. The molecule has 0 bridgehead atoms. The number of H-pyrrole nitrogens is 1. The quantitative estimate of drug-likeness (QED) is 0.248. The van der Waals surface area contributed by atoms with Crippen molar-refractivity contribution in [3.63, 3.8) is 0 Å². The Balaban J connectivity index is 1.26. The first-order valence-electron chi connectivity index (χ1n) is 12.8. The lowest BCUT2D eigenvalue weighted by molar-refractivity contribution is 0.675. The van der Waals surface area contributed by atoms with Crippen LogP contribution in [0.2, 0.25) is 0 Å². The molecule has 0 amide bonds. The summed E-state index contributed by atoms with van der Waals surface area (Å²) in [6, 6.07) is 32.0. The highest BCUT2D eigenvalue weighted by atomic mass is 15.0. The van der Waals surface area contributed by atoms with Crippen molar-refractivity contribution in [2.45, 2.75) is 25.9 Å². The summed E-state index contributed by atoms with van der Waals surface area (Å²) in [4.78, 5) is 13.1. The summed E-state index contributed by atoms with van der Waals surface area (Å²) in [5.74, 6) is 0.847. The number of benzene rings is 3. The minimum absolute atomic E-state index is 0.591. The van der Waals surface area contributed by atoms with Crippen LogP contribution >= 0.6 is 0 Å². The van der Waals surface area contributed by atoms with Gasteiger partial charge in [0.05, 0.1) is 23.3 Å². The highest BCUT2D eigenvalue weighted by molar-refractivity contribution is 6.10. The molecule has 0 spiro atoms. The maximum atomic E-state index is 4.85. The molecule has 0 atom stereocenters. The fraction of sp³-hybridized carbons (Fsp3) is 0.125. The van der Waals surface area contributed by atoms with Crippen LogP contribution < -0.4 is 5.32 Å². The van der Waals surface area contributed by atoms with Crippen molar-refractivity contribution in [1.29, 1.82) is 0 Å². The molecule has 0 fully saturated rings. The molecule has 4 aromatic heterocycles. The molecular weight excluding hydrogens is 454 g/mol. The van der Waals surface area contributed by atoms with E-state index >= 15 is 0 Å². The second-order valence-corrected chi connectivity index (χ2v) is 9.52. The van der Waals surface area contributed by atoms with Gasteiger partial charge in [-0.05, 0) is 42.7 Å². The van der Waals surface area contributed by atoms with E-state index in [1.165, 1.54) is 38.1 Å². The summed E-state index contributed by atoms with van der Waals surface area (Å²) in [5, 5.41) is 8.50. The molecule has 0 saturated carbocycles. The number of para-hydroxylation sites is 2. The third-order valence-electron chi connectivity index (χ3n) is 7.30. The topological polar surface area (TPSA) is 58.5 Å². The molecule has 5 nitrogen and oxygen atoms in total. The molecule has 180 valence electrons. The maximum Gasteiger partial charge on any atom is 0.150 e. The number of pyridine rings is 2. The molecule has 7 rings (SSSR count). The summed E-state index contributed by atoms with van der Waals surface area (Å²) >= 11 is 0. The van der Waals surface area contributed by atoms with Gasteiger partial charge in [-0.3, -0.25) is 4.98 Å². The van der Waals surface area contributed by atoms with E-state index in [2.05, 4.69) is 111 Å². The van der Waals surface area contributed by atoms with Crippen LogP contribution in [-0.4, -0.2) is 19.5 Å². The fourth-order valence-corrected chi connectivity index (χ4v) is 5.60. The standard InChI is InChI=1S/C32H27N5/c1-2-9-22(10-3-1)11-8-20-37-29-15-7-5-13-24(29)26-17-18-33-28(31(26)37)21-35-32-30-25(16-19-34-32)23-12-4-6-14-27(23)36-30/h1-7,9-10,12-19,36H,8,11,20-21H2,(H,34,35). The number of hydrogen-bond donors (Lipinski definition) is 2. The second kappa shape index (κ2) is 9.10. The van der Waals surface area contributed by atoms with Crippen molar-refractivity contribution in [1.82, 2.24) is 19.5 Å². The number of anilines is 1. The predicted molar refractivity (Wildman–Crippen MR) is 153 cm³/mol. The maximum absolute atomic E-state index is 4.85. The number of aryl methyl sites for hydroxylation is 2. The Labute approximate surface area is 214 Å². The summed E-state index contributed by atoms with van der Waals surface area (Å²) in [7, 11) is 0. The molecule has 0 aliphatic heterocycles. The normalized spacial score (nSPS) is 11.7. The van der Waals surface area contributed by atoms with Crippen molar-refractivity contribution in [3.05, 3.63) is 115 Å². The number of nitrogens with zero attached hydrogens (tertiary/aromatic N) is 3. The average molecular weight is 482 g/mol. The largest absolute Gasteiger partial charge is 0.363 e. The highest BCUT2D eigenvalue weighted by Gasteiger charge is 2.16. The van der Waals surface area contributed by atoms with Gasteiger partial charge in [0.1, 0.15) is 0 Å². The first kappa shape index (κ1) is 21.6. The number of aromatic nitrogens is 4. The van der Waals surface area contributed by atoms with E-state index in [1.54, 1.807) is 0 Å². The Bertz CT molecular complexity index is 1860. The van der Waals surface area contributed by atoms with Gasteiger partial charge >= 0.3 is 0 Å². The van der Waals surface area contributed by atoms with E-state index in [1.807, 2.05) is 12.4 Å². The third-order valence-corrected chi connectivity index (χ3v) is 7.30. The molecule has 5 heteroatoms. The lowest BCUT2D eigenvalue weighted by Gasteiger charge is -2.12. The smallest absolute Gasteiger partial charge is 0.150 e. The zero-order chi connectivity index (χ0) is 24.6. The Morgan fingerprint density at radius 2 is 1.46 bits per heavy atom. The first-order chi connectivity index (χ1) is 18.4. The van der Waals surface area contributed by atoms with Crippen molar-refractivity contribution >= 4 is 49.4 Å². The monoisotopic (exact) mass is 481 g/mol. The van der Waals surface area contributed by atoms with E-state index in [9.17, 15) is 0 Å². The van der Waals surface area contributed by atoms with Crippen LogP contribution in [0.15, 0.2) is 103 Å². The zero-order valence-electron chi connectivity index (χ0n) is 20.5. The molecule has 0 unspecified atom stereocenters. The fourth-order valence-electron chi connectivity index (χ4n) is 5.60. The molecule has 2 N–H and O–H groups in total. The van der Waals surface area contributed by atoms with E-state index in [0.717, 1.165) is 41.9 Å². The predicted octanol–water partition coefficient (Wildman–Crippen LogP) is 7.46. The SMILES string of the molecule is c1ccc(CCCn2c3ccccc3c3ccnc(CNc4nccc5c4[nH]c4ccccc45)c32)cc1. The van der Waals surface area contributed by atoms with Crippen LogP contribution in [0.4, 0.5) is 5.82 Å². The summed E-state index contributed by atoms with van der Waals surface area (Å²) < 4.78 is 2.45. The Morgan fingerprint density at radius 1 is 0.703 bits per heavy atom. The molecule has 0 aliphatic rings. The molecule has 0 radical (unpaired) electrons. The second-order valence-electron chi connectivity index (χ2n) is 9.52. The van der Waals surface area contributed by atoms with Crippen LogP contribution in [0.1, 0.15) is 17.7 Å².